The minimum Gasteiger partial charge on any atom is -0.399 e. The fourth-order valence-electron chi connectivity index (χ4n) is 1.94. The Morgan fingerprint density at radius 3 is 2.58 bits per heavy atom. The van der Waals surface area contributed by atoms with Crippen molar-refractivity contribution in [2.24, 2.45) is 0 Å². The zero-order valence-corrected chi connectivity index (χ0v) is 11.1. The standard InChI is InChI=1S/C15H16N4/c1-11-7-8-18-15(14(11)9-16)19(2)10-12-3-5-13(17)6-4-12/h3-8H,10,17H2,1-2H3. The lowest BCUT2D eigenvalue weighted by atomic mass is 10.1. The van der Waals surface area contributed by atoms with E-state index in [-0.39, 0.29) is 0 Å². The molecule has 1 aromatic carbocycles. The molecule has 0 spiro atoms. The Hall–Kier alpha value is -2.54. The van der Waals surface area contributed by atoms with Crippen LogP contribution in [0.3, 0.4) is 0 Å². The molecule has 96 valence electrons. The van der Waals surface area contributed by atoms with E-state index in [1.165, 1.54) is 0 Å². The first-order valence-electron chi connectivity index (χ1n) is 6.03. The van der Waals surface area contributed by atoms with Gasteiger partial charge in [0.1, 0.15) is 11.9 Å². The van der Waals surface area contributed by atoms with Gasteiger partial charge in [-0.3, -0.25) is 0 Å². The van der Waals surface area contributed by atoms with Crippen molar-refractivity contribution in [3.8, 4) is 6.07 Å². The number of aromatic nitrogens is 1. The van der Waals surface area contributed by atoms with E-state index >= 15 is 0 Å². The number of hydrogen-bond donors (Lipinski definition) is 1. The number of nitrogens with two attached hydrogens (primary N) is 1. The highest BCUT2D eigenvalue weighted by Gasteiger charge is 2.11. The summed E-state index contributed by atoms with van der Waals surface area (Å²) in [7, 11) is 1.93. The summed E-state index contributed by atoms with van der Waals surface area (Å²) in [4.78, 5) is 6.27. The number of aryl methyl sites for hydroxylation is 1. The molecule has 0 bridgehead atoms. The van der Waals surface area contributed by atoms with Crippen molar-refractivity contribution in [2.75, 3.05) is 17.7 Å². The van der Waals surface area contributed by atoms with Gasteiger partial charge in [0.25, 0.3) is 0 Å². The summed E-state index contributed by atoms with van der Waals surface area (Å²) in [5.74, 6) is 0.708. The number of benzene rings is 1. The van der Waals surface area contributed by atoms with Crippen molar-refractivity contribution in [2.45, 2.75) is 13.5 Å². The number of rotatable bonds is 3. The number of nitriles is 1. The van der Waals surface area contributed by atoms with Crippen LogP contribution in [-0.2, 0) is 6.54 Å². The number of nitrogen functional groups attached to an aromatic ring is 1. The van der Waals surface area contributed by atoms with E-state index in [1.54, 1.807) is 6.20 Å². The molecule has 0 aliphatic carbocycles. The van der Waals surface area contributed by atoms with Crippen molar-refractivity contribution in [3.05, 3.63) is 53.2 Å². The first-order valence-corrected chi connectivity index (χ1v) is 6.03. The zero-order valence-electron chi connectivity index (χ0n) is 11.1. The van der Waals surface area contributed by atoms with Gasteiger partial charge in [-0.2, -0.15) is 5.26 Å². The van der Waals surface area contributed by atoms with E-state index < -0.39 is 0 Å². The molecule has 2 aromatic rings. The Balaban J connectivity index is 2.25. The number of anilines is 2. The van der Waals surface area contributed by atoms with E-state index in [0.717, 1.165) is 16.8 Å². The molecule has 1 aromatic heterocycles. The van der Waals surface area contributed by atoms with E-state index in [4.69, 9.17) is 5.73 Å². The molecule has 0 radical (unpaired) electrons. The third kappa shape index (κ3) is 2.83. The largest absolute Gasteiger partial charge is 0.399 e. The molecule has 4 nitrogen and oxygen atoms in total. The lowest BCUT2D eigenvalue weighted by molar-refractivity contribution is 0.893. The van der Waals surface area contributed by atoms with Gasteiger partial charge in [0.15, 0.2) is 0 Å². The normalized spacial score (nSPS) is 9.95. The summed E-state index contributed by atoms with van der Waals surface area (Å²) < 4.78 is 0. The zero-order chi connectivity index (χ0) is 13.8. The lowest BCUT2D eigenvalue weighted by Crippen LogP contribution is -2.19. The van der Waals surface area contributed by atoms with Gasteiger partial charge >= 0.3 is 0 Å². The molecule has 0 aliphatic rings. The number of nitrogens with zero attached hydrogens (tertiary/aromatic N) is 3. The third-order valence-corrected chi connectivity index (χ3v) is 3.01. The Kier molecular flexibility index (Phi) is 3.67. The molecule has 0 amide bonds. The maximum atomic E-state index is 9.22. The SMILES string of the molecule is Cc1ccnc(N(C)Cc2ccc(N)cc2)c1C#N. The Morgan fingerprint density at radius 2 is 1.95 bits per heavy atom. The van der Waals surface area contributed by atoms with Crippen molar-refractivity contribution < 1.29 is 0 Å². The Labute approximate surface area is 113 Å². The molecule has 0 aliphatic heterocycles. The molecule has 0 saturated carbocycles. The third-order valence-electron chi connectivity index (χ3n) is 3.01. The van der Waals surface area contributed by atoms with Crippen LogP contribution in [-0.4, -0.2) is 12.0 Å². The van der Waals surface area contributed by atoms with Crippen LogP contribution in [0.5, 0.6) is 0 Å². The summed E-state index contributed by atoms with van der Waals surface area (Å²) in [5, 5.41) is 9.22. The highest BCUT2D eigenvalue weighted by molar-refractivity contribution is 5.57. The Morgan fingerprint density at radius 1 is 1.26 bits per heavy atom. The maximum Gasteiger partial charge on any atom is 0.146 e. The van der Waals surface area contributed by atoms with Gasteiger partial charge in [0, 0.05) is 25.5 Å². The van der Waals surface area contributed by atoms with Crippen LogP contribution in [0.15, 0.2) is 36.5 Å². The minimum absolute atomic E-state index is 0.625. The van der Waals surface area contributed by atoms with Crippen LogP contribution in [0.2, 0.25) is 0 Å². The van der Waals surface area contributed by atoms with E-state index in [0.29, 0.717) is 17.9 Å². The second-order valence-corrected chi connectivity index (χ2v) is 4.54. The maximum absolute atomic E-state index is 9.22. The van der Waals surface area contributed by atoms with Crippen molar-refractivity contribution >= 4 is 11.5 Å². The van der Waals surface area contributed by atoms with E-state index in [2.05, 4.69) is 11.1 Å². The van der Waals surface area contributed by atoms with E-state index in [9.17, 15) is 5.26 Å². The van der Waals surface area contributed by atoms with Gasteiger partial charge in [-0.15, -0.1) is 0 Å². The van der Waals surface area contributed by atoms with Crippen LogP contribution in [0, 0.1) is 18.3 Å². The van der Waals surface area contributed by atoms with Gasteiger partial charge in [-0.05, 0) is 36.2 Å². The molecule has 0 saturated heterocycles. The number of pyridine rings is 1. The molecule has 0 unspecified atom stereocenters. The van der Waals surface area contributed by atoms with Crippen molar-refractivity contribution in [1.29, 1.82) is 5.26 Å². The van der Waals surface area contributed by atoms with Gasteiger partial charge in [-0.25, -0.2) is 4.98 Å². The molecule has 1 heterocycles. The van der Waals surface area contributed by atoms with Crippen LogP contribution in [0.4, 0.5) is 11.5 Å². The molecular formula is C15H16N4. The molecule has 4 heteroatoms. The van der Waals surface area contributed by atoms with Crippen LogP contribution in [0.1, 0.15) is 16.7 Å². The molecule has 2 N–H and O–H groups in total. The molecule has 0 atom stereocenters. The van der Waals surface area contributed by atoms with Gasteiger partial charge in [0.2, 0.25) is 0 Å². The molecule has 2 rings (SSSR count). The van der Waals surface area contributed by atoms with Gasteiger partial charge in [-0.1, -0.05) is 12.1 Å². The topological polar surface area (TPSA) is 65.9 Å². The van der Waals surface area contributed by atoms with Crippen LogP contribution >= 0.6 is 0 Å². The summed E-state index contributed by atoms with van der Waals surface area (Å²) in [6, 6.07) is 11.8. The summed E-state index contributed by atoms with van der Waals surface area (Å²) >= 11 is 0. The fourth-order valence-corrected chi connectivity index (χ4v) is 1.94. The number of hydrogen-bond acceptors (Lipinski definition) is 4. The second-order valence-electron chi connectivity index (χ2n) is 4.54. The second kappa shape index (κ2) is 5.40. The van der Waals surface area contributed by atoms with Crippen LogP contribution in [0.25, 0.3) is 0 Å². The Bertz CT molecular complexity index is 611. The van der Waals surface area contributed by atoms with Crippen molar-refractivity contribution in [3.63, 3.8) is 0 Å². The summed E-state index contributed by atoms with van der Waals surface area (Å²) in [6.07, 6.45) is 1.73. The smallest absolute Gasteiger partial charge is 0.146 e. The fraction of sp³-hybridized carbons (Fsp3) is 0.200. The predicted octanol–water partition coefficient (Wildman–Crippen LogP) is 2.48. The van der Waals surface area contributed by atoms with E-state index in [1.807, 2.05) is 49.2 Å². The van der Waals surface area contributed by atoms with Crippen molar-refractivity contribution in [1.82, 2.24) is 4.98 Å². The predicted molar refractivity (Wildman–Crippen MR) is 76.7 cm³/mol. The highest BCUT2D eigenvalue weighted by Crippen LogP contribution is 2.20. The molecule has 19 heavy (non-hydrogen) atoms. The van der Waals surface area contributed by atoms with Gasteiger partial charge in [0.05, 0.1) is 5.56 Å². The first-order chi connectivity index (χ1) is 9.11. The highest BCUT2D eigenvalue weighted by atomic mass is 15.2. The summed E-state index contributed by atoms with van der Waals surface area (Å²) in [6.45, 7) is 2.60. The monoisotopic (exact) mass is 252 g/mol. The first kappa shape index (κ1) is 12.9. The minimum atomic E-state index is 0.625. The van der Waals surface area contributed by atoms with Crippen LogP contribution < -0.4 is 10.6 Å². The lowest BCUT2D eigenvalue weighted by Gasteiger charge is -2.20. The molecule has 0 fully saturated rings. The quantitative estimate of drug-likeness (QED) is 0.852. The van der Waals surface area contributed by atoms with Gasteiger partial charge < -0.3 is 10.6 Å². The molecular weight excluding hydrogens is 236 g/mol. The summed E-state index contributed by atoms with van der Waals surface area (Å²) in [5.41, 5.74) is 9.11. The average molecular weight is 252 g/mol. The average Bonchev–Trinajstić information content (AvgIpc) is 2.41.